The topological polar surface area (TPSA) is 74.3 Å². The lowest BCUT2D eigenvalue weighted by Gasteiger charge is -2.38. The van der Waals surface area contributed by atoms with Gasteiger partial charge in [0.2, 0.25) is 0 Å². The summed E-state index contributed by atoms with van der Waals surface area (Å²) in [7, 11) is 1.07. The Morgan fingerprint density at radius 3 is 2.41 bits per heavy atom. The monoisotopic (exact) mass is 471 g/mol. The van der Waals surface area contributed by atoms with E-state index in [2.05, 4.69) is 6.58 Å². The Bertz CT molecular complexity index is 857. The summed E-state index contributed by atoms with van der Waals surface area (Å²) in [4.78, 5) is 27.8. The highest BCUT2D eigenvalue weighted by Crippen LogP contribution is 2.44. The van der Waals surface area contributed by atoms with Gasteiger partial charge in [-0.25, -0.2) is 9.59 Å². The normalized spacial score (nSPS) is 25.3. The van der Waals surface area contributed by atoms with E-state index in [0.29, 0.717) is 25.7 Å². The van der Waals surface area contributed by atoms with Gasteiger partial charge in [-0.2, -0.15) is 0 Å². The lowest BCUT2D eigenvalue weighted by molar-refractivity contribution is -0.155. The lowest BCUT2D eigenvalue weighted by Crippen LogP contribution is -2.57. The molecule has 1 aromatic rings. The van der Waals surface area contributed by atoms with Crippen molar-refractivity contribution in [1.82, 2.24) is 4.90 Å². The molecule has 2 atom stereocenters. The maximum Gasteiger partial charge on any atom is 0.457 e. The van der Waals surface area contributed by atoms with E-state index in [1.54, 1.807) is 11.0 Å². The molecular formula is C26H38BNO6. The summed E-state index contributed by atoms with van der Waals surface area (Å²) in [5.41, 5.74) is -0.979. The summed E-state index contributed by atoms with van der Waals surface area (Å²) in [5.74, 6) is -0.508. The minimum Gasteiger partial charge on any atom is -0.467 e. The zero-order chi connectivity index (χ0) is 25.0. The van der Waals surface area contributed by atoms with Crippen LogP contribution in [-0.4, -0.2) is 54.5 Å². The molecule has 0 saturated carbocycles. The Morgan fingerprint density at radius 1 is 1.18 bits per heavy atom. The van der Waals surface area contributed by atoms with Gasteiger partial charge in [0.1, 0.15) is 12.1 Å². The summed E-state index contributed by atoms with van der Waals surface area (Å²) in [5, 5.41) is 0. The molecule has 0 radical (unpaired) electrons. The number of benzene rings is 1. The van der Waals surface area contributed by atoms with E-state index in [-0.39, 0.29) is 30.8 Å². The van der Waals surface area contributed by atoms with Crippen LogP contribution < -0.4 is 0 Å². The lowest BCUT2D eigenvalue weighted by atomic mass is 9.75. The maximum atomic E-state index is 13.1. The largest absolute Gasteiger partial charge is 0.467 e. The van der Waals surface area contributed by atoms with Crippen LogP contribution in [0.2, 0.25) is 6.32 Å². The third-order valence-corrected chi connectivity index (χ3v) is 7.57. The summed E-state index contributed by atoms with van der Waals surface area (Å²) >= 11 is 0. The Hall–Kier alpha value is -2.32. The van der Waals surface area contributed by atoms with Crippen LogP contribution in [0.25, 0.3) is 0 Å². The van der Waals surface area contributed by atoms with E-state index >= 15 is 0 Å². The predicted molar refractivity (Wildman–Crippen MR) is 131 cm³/mol. The molecule has 2 saturated heterocycles. The molecule has 2 aliphatic rings. The van der Waals surface area contributed by atoms with Crippen LogP contribution in [0, 0.1) is 5.92 Å². The number of hydrogen-bond acceptors (Lipinski definition) is 6. The van der Waals surface area contributed by atoms with Crippen LogP contribution in [0.15, 0.2) is 43.0 Å². The van der Waals surface area contributed by atoms with Gasteiger partial charge in [-0.1, -0.05) is 42.8 Å². The zero-order valence-electron chi connectivity index (χ0n) is 21.2. The van der Waals surface area contributed by atoms with Gasteiger partial charge in [-0.15, -0.1) is 6.58 Å². The molecule has 2 aliphatic heterocycles. The van der Waals surface area contributed by atoms with Gasteiger partial charge in [0, 0.05) is 6.54 Å². The molecule has 186 valence electrons. The van der Waals surface area contributed by atoms with Crippen LogP contribution in [0.1, 0.15) is 58.9 Å². The average Bonchev–Trinajstić information content (AvgIpc) is 3.26. The standard InChI is InChI=1S/C26H38BNO6/c1-7-16-26(22(29)31-6)21(14-11-17-27-33-24(2,3)25(4,5)34-27)15-18-28(26)23(30)32-19-20-12-9-8-10-13-20/h7-10,12-13,21H,1,11,14-19H2,2-6H3. The van der Waals surface area contributed by atoms with E-state index in [4.69, 9.17) is 18.8 Å². The number of esters is 1. The van der Waals surface area contributed by atoms with Gasteiger partial charge < -0.3 is 18.8 Å². The Morgan fingerprint density at radius 2 is 1.82 bits per heavy atom. The van der Waals surface area contributed by atoms with Crippen molar-refractivity contribution in [2.24, 2.45) is 5.92 Å². The predicted octanol–water partition coefficient (Wildman–Crippen LogP) is 5.01. The molecule has 8 heteroatoms. The highest BCUT2D eigenvalue weighted by molar-refractivity contribution is 6.45. The zero-order valence-corrected chi connectivity index (χ0v) is 21.2. The summed E-state index contributed by atoms with van der Waals surface area (Å²) in [6, 6.07) is 9.49. The van der Waals surface area contributed by atoms with Crippen LogP contribution in [-0.2, 0) is 30.2 Å². The molecule has 1 aromatic carbocycles. The number of rotatable bonds is 9. The minimum atomic E-state index is -1.12. The molecule has 34 heavy (non-hydrogen) atoms. The number of nitrogens with zero attached hydrogens (tertiary/aromatic N) is 1. The maximum absolute atomic E-state index is 13.1. The van der Waals surface area contributed by atoms with Gasteiger partial charge in [-0.3, -0.25) is 4.90 Å². The molecule has 2 unspecified atom stereocenters. The SMILES string of the molecule is C=CCC1(C(=O)OC)C(CCCB2OC(C)(C)C(C)(C)O2)CCN1C(=O)OCc1ccccc1. The number of hydrogen-bond donors (Lipinski definition) is 0. The first-order chi connectivity index (χ1) is 16.1. The highest BCUT2D eigenvalue weighted by atomic mass is 16.7. The number of carbonyl (C=O) groups is 2. The smallest absolute Gasteiger partial charge is 0.457 e. The van der Waals surface area contributed by atoms with Gasteiger partial charge in [-0.05, 0) is 64.8 Å². The first-order valence-electron chi connectivity index (χ1n) is 12.1. The van der Waals surface area contributed by atoms with Crippen molar-refractivity contribution >= 4 is 19.2 Å². The molecule has 2 fully saturated rings. The Kier molecular flexibility index (Phi) is 8.14. The van der Waals surface area contributed by atoms with Crippen molar-refractivity contribution in [3.05, 3.63) is 48.6 Å². The second-order valence-corrected chi connectivity index (χ2v) is 10.2. The summed E-state index contributed by atoms with van der Waals surface area (Å²) < 4.78 is 23.0. The van der Waals surface area contributed by atoms with E-state index in [1.165, 1.54) is 7.11 Å². The molecule has 0 bridgehead atoms. The van der Waals surface area contributed by atoms with Crippen LogP contribution in [0.3, 0.4) is 0 Å². The second kappa shape index (κ2) is 10.5. The van der Waals surface area contributed by atoms with Crippen molar-refractivity contribution in [2.45, 2.75) is 83.0 Å². The van der Waals surface area contributed by atoms with E-state index in [9.17, 15) is 9.59 Å². The number of carbonyl (C=O) groups excluding carboxylic acids is 2. The summed E-state index contributed by atoms with van der Waals surface area (Å²) in [6.07, 6.45) is 4.41. The molecule has 2 heterocycles. The van der Waals surface area contributed by atoms with Crippen molar-refractivity contribution in [3.63, 3.8) is 0 Å². The molecule has 1 amide bonds. The fraction of sp³-hybridized carbons (Fsp3) is 0.615. The van der Waals surface area contributed by atoms with Crippen molar-refractivity contribution in [3.8, 4) is 0 Å². The Balaban J connectivity index is 1.69. The number of ether oxygens (including phenoxy) is 2. The third-order valence-electron chi connectivity index (χ3n) is 7.57. The summed E-state index contributed by atoms with van der Waals surface area (Å²) in [6.45, 7) is 12.6. The van der Waals surface area contributed by atoms with Crippen LogP contribution in [0.5, 0.6) is 0 Å². The highest BCUT2D eigenvalue weighted by Gasteiger charge is 2.57. The fourth-order valence-electron chi connectivity index (χ4n) is 5.03. The van der Waals surface area contributed by atoms with Crippen LogP contribution >= 0.6 is 0 Å². The molecule has 0 aromatic heterocycles. The van der Waals surface area contributed by atoms with E-state index < -0.39 is 17.6 Å². The average molecular weight is 471 g/mol. The van der Waals surface area contributed by atoms with E-state index in [0.717, 1.165) is 18.4 Å². The van der Waals surface area contributed by atoms with Gasteiger partial charge in [0.15, 0.2) is 0 Å². The van der Waals surface area contributed by atoms with Crippen molar-refractivity contribution in [2.75, 3.05) is 13.7 Å². The second-order valence-electron chi connectivity index (χ2n) is 10.2. The van der Waals surface area contributed by atoms with Gasteiger partial charge in [0.25, 0.3) is 0 Å². The molecule has 7 nitrogen and oxygen atoms in total. The van der Waals surface area contributed by atoms with E-state index in [1.807, 2.05) is 58.0 Å². The number of likely N-dealkylation sites (tertiary alicyclic amines) is 1. The fourth-order valence-corrected chi connectivity index (χ4v) is 5.03. The Labute approximate surface area is 203 Å². The molecule has 0 aliphatic carbocycles. The number of amides is 1. The van der Waals surface area contributed by atoms with Crippen LogP contribution in [0.4, 0.5) is 4.79 Å². The first kappa shape index (κ1) is 26.3. The van der Waals surface area contributed by atoms with Gasteiger partial charge >= 0.3 is 19.2 Å². The molecule has 3 rings (SSSR count). The molecular weight excluding hydrogens is 433 g/mol. The van der Waals surface area contributed by atoms with Gasteiger partial charge in [0.05, 0.1) is 18.3 Å². The number of methoxy groups -OCH3 is 1. The quantitative estimate of drug-likeness (QED) is 0.287. The third kappa shape index (κ3) is 5.18. The molecule has 0 N–H and O–H groups in total. The molecule has 0 spiro atoms. The first-order valence-corrected chi connectivity index (χ1v) is 12.1. The van der Waals surface area contributed by atoms with Crippen molar-refractivity contribution < 1.29 is 28.4 Å². The van der Waals surface area contributed by atoms with Crippen molar-refractivity contribution in [1.29, 1.82) is 0 Å². The minimum absolute atomic E-state index is 0.0790.